The Balaban J connectivity index is 1.61. The van der Waals surface area contributed by atoms with Crippen LogP contribution in [0.2, 0.25) is 5.02 Å². The summed E-state index contributed by atoms with van der Waals surface area (Å²) in [6.07, 6.45) is 3.90. The van der Waals surface area contributed by atoms with Gasteiger partial charge in [-0.05, 0) is 55.0 Å². The Bertz CT molecular complexity index is 1300. The number of hydrogen-bond acceptors (Lipinski definition) is 4. The van der Waals surface area contributed by atoms with E-state index < -0.39 is 10.0 Å². The molecule has 2 heterocycles. The first-order valence-electron chi connectivity index (χ1n) is 8.78. The number of aromatic nitrogens is 2. The van der Waals surface area contributed by atoms with Crippen LogP contribution in [-0.2, 0) is 10.0 Å². The molecule has 0 amide bonds. The molecule has 0 bridgehead atoms. The predicted octanol–water partition coefficient (Wildman–Crippen LogP) is 4.77. The molecular formula is C21H18ClN3O3S. The van der Waals surface area contributed by atoms with Crippen LogP contribution in [0, 0.1) is 6.92 Å². The highest BCUT2D eigenvalue weighted by Crippen LogP contribution is 2.29. The van der Waals surface area contributed by atoms with Crippen molar-refractivity contribution < 1.29 is 13.2 Å². The summed E-state index contributed by atoms with van der Waals surface area (Å²) in [4.78, 5) is 4.60. The maximum atomic E-state index is 12.8. The van der Waals surface area contributed by atoms with E-state index in [1.54, 1.807) is 18.2 Å². The number of imidazole rings is 1. The molecule has 1 N–H and O–H groups in total. The fraction of sp³-hybridized carbons (Fsp3) is 0.0952. The third-order valence-corrected chi connectivity index (χ3v) is 6.10. The zero-order chi connectivity index (χ0) is 20.6. The largest absolute Gasteiger partial charge is 0.495 e. The lowest BCUT2D eigenvalue weighted by molar-refractivity contribution is 0.403. The van der Waals surface area contributed by atoms with Crippen LogP contribution in [0.25, 0.3) is 16.9 Å². The number of nitrogens with one attached hydrogen (secondary N) is 1. The molecule has 6 nitrogen and oxygen atoms in total. The number of benzene rings is 2. The molecule has 29 heavy (non-hydrogen) atoms. The molecule has 0 spiro atoms. The van der Waals surface area contributed by atoms with Crippen molar-refractivity contribution in [3.8, 4) is 17.0 Å². The maximum absolute atomic E-state index is 12.8. The van der Waals surface area contributed by atoms with Crippen LogP contribution in [0.5, 0.6) is 5.75 Å². The number of sulfonamides is 1. The minimum absolute atomic E-state index is 0.0210. The number of fused-ring (bicyclic) bond motifs is 1. The summed E-state index contributed by atoms with van der Waals surface area (Å²) < 4.78 is 35.2. The molecule has 2 aromatic heterocycles. The molecule has 0 saturated carbocycles. The minimum atomic E-state index is -3.86. The van der Waals surface area contributed by atoms with Crippen molar-refractivity contribution in [2.45, 2.75) is 11.8 Å². The summed E-state index contributed by atoms with van der Waals surface area (Å²) in [5, 5.41) is 0.309. The first-order valence-corrected chi connectivity index (χ1v) is 10.6. The molecule has 8 heteroatoms. The van der Waals surface area contributed by atoms with E-state index >= 15 is 0 Å². The molecule has 0 atom stereocenters. The third-order valence-electron chi connectivity index (χ3n) is 4.46. The lowest BCUT2D eigenvalue weighted by Gasteiger charge is -2.12. The van der Waals surface area contributed by atoms with E-state index in [9.17, 15) is 8.42 Å². The van der Waals surface area contributed by atoms with E-state index in [2.05, 4.69) is 9.71 Å². The van der Waals surface area contributed by atoms with Crippen LogP contribution in [0.4, 0.5) is 5.69 Å². The summed E-state index contributed by atoms with van der Waals surface area (Å²) in [6, 6.07) is 15.5. The van der Waals surface area contributed by atoms with Crippen LogP contribution >= 0.6 is 11.6 Å². The van der Waals surface area contributed by atoms with Crippen LogP contribution in [0.15, 0.2) is 71.9 Å². The average Bonchev–Trinajstić information content (AvgIpc) is 3.11. The molecule has 0 aliphatic rings. The van der Waals surface area contributed by atoms with Gasteiger partial charge in [0.15, 0.2) is 0 Å². The van der Waals surface area contributed by atoms with Gasteiger partial charge in [-0.1, -0.05) is 23.7 Å². The van der Waals surface area contributed by atoms with Crippen LogP contribution in [0.3, 0.4) is 0 Å². The van der Waals surface area contributed by atoms with E-state index in [1.165, 1.54) is 19.2 Å². The molecule has 148 valence electrons. The van der Waals surface area contributed by atoms with Crippen molar-refractivity contribution in [2.75, 3.05) is 11.8 Å². The molecule has 0 saturated heterocycles. The number of methoxy groups -OCH3 is 1. The van der Waals surface area contributed by atoms with Crippen LogP contribution in [0.1, 0.15) is 5.56 Å². The normalized spacial score (nSPS) is 11.6. The van der Waals surface area contributed by atoms with Gasteiger partial charge in [-0.2, -0.15) is 0 Å². The average molecular weight is 428 g/mol. The zero-order valence-electron chi connectivity index (χ0n) is 15.8. The Morgan fingerprint density at radius 3 is 2.55 bits per heavy atom. The van der Waals surface area contributed by atoms with Gasteiger partial charge in [-0.3, -0.25) is 4.72 Å². The highest BCUT2D eigenvalue weighted by Gasteiger charge is 2.20. The van der Waals surface area contributed by atoms with Crippen molar-refractivity contribution in [1.29, 1.82) is 0 Å². The van der Waals surface area contributed by atoms with Crippen LogP contribution in [-0.4, -0.2) is 24.9 Å². The molecule has 4 aromatic rings. The van der Waals surface area contributed by atoms with Crippen LogP contribution < -0.4 is 9.46 Å². The number of anilines is 1. The van der Waals surface area contributed by atoms with E-state index in [1.807, 2.05) is 48.0 Å². The number of rotatable bonds is 5. The summed E-state index contributed by atoms with van der Waals surface area (Å²) in [6.45, 7) is 2.02. The van der Waals surface area contributed by atoms with Gasteiger partial charge in [0.05, 0.1) is 12.8 Å². The minimum Gasteiger partial charge on any atom is -0.495 e. The summed E-state index contributed by atoms with van der Waals surface area (Å²) in [5.74, 6) is 0.221. The van der Waals surface area contributed by atoms with E-state index in [0.717, 1.165) is 22.5 Å². The highest BCUT2D eigenvalue weighted by molar-refractivity contribution is 7.92. The Morgan fingerprint density at radius 1 is 1.07 bits per heavy atom. The zero-order valence-corrected chi connectivity index (χ0v) is 17.3. The van der Waals surface area contributed by atoms with Crippen molar-refractivity contribution in [3.05, 3.63) is 77.6 Å². The summed E-state index contributed by atoms with van der Waals surface area (Å²) in [7, 11) is -2.45. The summed E-state index contributed by atoms with van der Waals surface area (Å²) in [5.41, 5.74) is 4.11. The Morgan fingerprint density at radius 2 is 1.83 bits per heavy atom. The lowest BCUT2D eigenvalue weighted by atomic mass is 10.1. The molecule has 0 unspecified atom stereocenters. The highest BCUT2D eigenvalue weighted by atomic mass is 35.5. The molecule has 0 radical (unpaired) electrons. The predicted molar refractivity (Wildman–Crippen MR) is 114 cm³/mol. The molecule has 0 fully saturated rings. The first-order chi connectivity index (χ1) is 13.9. The Hall–Kier alpha value is -3.03. The van der Waals surface area contributed by atoms with E-state index in [-0.39, 0.29) is 10.6 Å². The number of pyridine rings is 1. The Labute approximate surface area is 173 Å². The van der Waals surface area contributed by atoms with Crippen molar-refractivity contribution in [1.82, 2.24) is 9.38 Å². The van der Waals surface area contributed by atoms with Crippen molar-refractivity contribution in [3.63, 3.8) is 0 Å². The van der Waals surface area contributed by atoms with Gasteiger partial charge in [-0.25, -0.2) is 13.4 Å². The fourth-order valence-corrected chi connectivity index (χ4v) is 4.49. The fourth-order valence-electron chi connectivity index (χ4n) is 3.00. The van der Waals surface area contributed by atoms with E-state index in [0.29, 0.717) is 10.7 Å². The monoisotopic (exact) mass is 427 g/mol. The molecule has 4 rings (SSSR count). The number of nitrogens with zero attached hydrogens (tertiary/aromatic N) is 2. The van der Waals surface area contributed by atoms with Crippen molar-refractivity contribution >= 4 is 33.0 Å². The topological polar surface area (TPSA) is 72.7 Å². The van der Waals surface area contributed by atoms with E-state index in [4.69, 9.17) is 16.3 Å². The quantitative estimate of drug-likeness (QED) is 0.497. The molecule has 0 aliphatic heterocycles. The number of halogens is 1. The standard InChI is InChI=1S/C21H18ClN3O3S/c1-14-9-10-25-13-18(23-21(25)11-14)15-3-6-17(7-4-15)24-29(26,27)20-12-16(22)5-8-19(20)28-2/h3-13,24H,1-2H3. The van der Waals surface area contributed by atoms with Gasteiger partial charge in [0.25, 0.3) is 10.0 Å². The van der Waals surface area contributed by atoms with Gasteiger partial charge >= 0.3 is 0 Å². The van der Waals surface area contributed by atoms with Gasteiger partial charge in [0.2, 0.25) is 0 Å². The summed E-state index contributed by atoms with van der Waals surface area (Å²) >= 11 is 5.96. The maximum Gasteiger partial charge on any atom is 0.265 e. The Kier molecular flexibility index (Phi) is 4.94. The number of ether oxygens (including phenoxy) is 1. The molecule has 0 aliphatic carbocycles. The first kappa shape index (κ1) is 19.3. The van der Waals surface area contributed by atoms with Gasteiger partial charge in [0, 0.05) is 28.7 Å². The van der Waals surface area contributed by atoms with Gasteiger partial charge in [-0.15, -0.1) is 0 Å². The number of hydrogen-bond donors (Lipinski definition) is 1. The SMILES string of the molecule is COc1ccc(Cl)cc1S(=O)(=O)Nc1ccc(-c2cn3ccc(C)cc3n2)cc1. The third kappa shape index (κ3) is 3.92. The molecule has 2 aromatic carbocycles. The molecular weight excluding hydrogens is 410 g/mol. The van der Waals surface area contributed by atoms with Gasteiger partial charge in [0.1, 0.15) is 16.3 Å². The lowest BCUT2D eigenvalue weighted by Crippen LogP contribution is -2.14. The smallest absolute Gasteiger partial charge is 0.265 e. The second kappa shape index (κ2) is 7.42. The van der Waals surface area contributed by atoms with Crippen molar-refractivity contribution in [2.24, 2.45) is 0 Å². The second-order valence-electron chi connectivity index (χ2n) is 6.57. The second-order valence-corrected chi connectivity index (χ2v) is 8.66. The number of aryl methyl sites for hydroxylation is 1. The van der Waals surface area contributed by atoms with Gasteiger partial charge < -0.3 is 9.14 Å².